The maximum absolute atomic E-state index is 15.5. The Labute approximate surface area is 273 Å². The highest BCUT2D eigenvalue weighted by Gasteiger charge is 2.90. The van der Waals surface area contributed by atoms with E-state index in [9.17, 15) is 0 Å². The predicted octanol–water partition coefficient (Wildman–Crippen LogP) is 11.6. The number of unbranched alkanes of at least 4 members (excludes halogenated alkanes) is 2. The third kappa shape index (κ3) is 6.82. The summed E-state index contributed by atoms with van der Waals surface area (Å²) in [6, 6.07) is 1.24. The fourth-order valence-corrected chi connectivity index (χ4v) is 5.33. The number of hydrogen-bond acceptors (Lipinski definition) is 2. The Morgan fingerprint density at radius 2 is 0.729 bits per heavy atom. The van der Waals surface area contributed by atoms with Gasteiger partial charge in [0.15, 0.2) is 0 Å². The van der Waals surface area contributed by atoms with Gasteiger partial charge >= 0.3 is 35.5 Å². The average molecular weight is 709 g/mol. The highest BCUT2D eigenvalue weighted by Crippen LogP contribution is 2.64. The standard InChI is InChI=1S/C34H44F12N2/c1-9-11-13-19-15-21(17-23(25(19)47)27(3,4)5)29(35,36)31(39,40)33(43,44)34(45,46)32(41,42)30(37,38)22-16-20(14-12-10-2)26(48)24(18-22)28(6,7)8/h15-18H,9-14,47-48H2,1-8H3. The second kappa shape index (κ2) is 13.2. The average Bonchev–Trinajstić information content (AvgIpc) is 2.93. The Morgan fingerprint density at radius 1 is 0.458 bits per heavy atom. The summed E-state index contributed by atoms with van der Waals surface area (Å²) in [6.07, 6.45) is 1.26. The van der Waals surface area contributed by atoms with Crippen molar-refractivity contribution in [3.63, 3.8) is 0 Å². The van der Waals surface area contributed by atoms with Gasteiger partial charge in [-0.3, -0.25) is 0 Å². The molecular formula is C34H44F12N2. The quantitative estimate of drug-likeness (QED) is 0.161. The zero-order valence-corrected chi connectivity index (χ0v) is 28.2. The molecule has 4 N–H and O–H groups in total. The summed E-state index contributed by atoms with van der Waals surface area (Å²) in [5, 5.41) is 0. The lowest BCUT2D eigenvalue weighted by molar-refractivity contribution is -0.429. The third-order valence-electron chi connectivity index (χ3n) is 8.44. The smallest absolute Gasteiger partial charge is 0.385 e. The van der Waals surface area contributed by atoms with Gasteiger partial charge in [-0.25, -0.2) is 0 Å². The third-order valence-corrected chi connectivity index (χ3v) is 8.44. The summed E-state index contributed by atoms with van der Waals surface area (Å²) < 4.78 is 184. The molecule has 0 bridgehead atoms. The molecule has 0 aliphatic carbocycles. The number of nitrogens with two attached hydrogens (primary N) is 2. The molecule has 0 fully saturated rings. The van der Waals surface area contributed by atoms with Crippen molar-refractivity contribution in [1.29, 1.82) is 0 Å². The Hall–Kier alpha value is -2.80. The molecule has 0 aromatic heterocycles. The molecule has 0 heterocycles. The zero-order chi connectivity index (χ0) is 37.7. The van der Waals surface area contributed by atoms with E-state index in [0.717, 1.165) is 0 Å². The highest BCUT2D eigenvalue weighted by atomic mass is 19.4. The van der Waals surface area contributed by atoms with Crippen LogP contribution in [0.15, 0.2) is 24.3 Å². The van der Waals surface area contributed by atoms with Crippen LogP contribution in [0.2, 0.25) is 0 Å². The Bertz CT molecular complexity index is 1340. The minimum Gasteiger partial charge on any atom is -0.398 e. The molecule has 14 heteroatoms. The van der Waals surface area contributed by atoms with Gasteiger partial charge in [0.1, 0.15) is 0 Å². The number of benzene rings is 2. The van der Waals surface area contributed by atoms with Gasteiger partial charge in [-0.1, -0.05) is 68.2 Å². The first-order valence-electron chi connectivity index (χ1n) is 15.5. The number of anilines is 2. The van der Waals surface area contributed by atoms with Crippen LogP contribution in [-0.2, 0) is 35.5 Å². The van der Waals surface area contributed by atoms with Crippen molar-refractivity contribution in [3.05, 3.63) is 57.6 Å². The molecule has 0 aliphatic rings. The van der Waals surface area contributed by atoms with Crippen LogP contribution in [0, 0.1) is 0 Å². The summed E-state index contributed by atoms with van der Waals surface area (Å²) in [5.74, 6) is -42.6. The van der Waals surface area contributed by atoms with Gasteiger partial charge in [0.05, 0.1) is 0 Å². The maximum atomic E-state index is 15.5. The number of hydrogen-bond donors (Lipinski definition) is 2. The first kappa shape index (κ1) is 41.4. The summed E-state index contributed by atoms with van der Waals surface area (Å²) in [6.45, 7) is 11.9. The molecule has 0 amide bonds. The molecule has 0 saturated heterocycles. The molecular weight excluding hydrogens is 664 g/mol. The van der Waals surface area contributed by atoms with Gasteiger partial charge in [-0.2, -0.15) is 52.7 Å². The largest absolute Gasteiger partial charge is 0.398 e. The van der Waals surface area contributed by atoms with Crippen molar-refractivity contribution in [3.8, 4) is 0 Å². The molecule has 0 spiro atoms. The summed E-state index contributed by atoms with van der Waals surface area (Å²) >= 11 is 0. The monoisotopic (exact) mass is 708 g/mol. The van der Waals surface area contributed by atoms with E-state index >= 15 is 52.7 Å². The lowest BCUT2D eigenvalue weighted by atomic mass is 9.79. The number of aryl methyl sites for hydroxylation is 2. The lowest BCUT2D eigenvalue weighted by Gasteiger charge is -2.42. The number of rotatable bonds is 13. The normalized spacial score (nSPS) is 14.5. The number of halogens is 12. The maximum Gasteiger partial charge on any atom is 0.385 e. The van der Waals surface area contributed by atoms with E-state index in [1.54, 1.807) is 13.8 Å². The van der Waals surface area contributed by atoms with E-state index in [1.165, 1.54) is 41.5 Å². The number of alkyl halides is 12. The van der Waals surface area contributed by atoms with E-state index in [0.29, 0.717) is 37.1 Å². The second-order valence-corrected chi connectivity index (χ2v) is 14.3. The van der Waals surface area contributed by atoms with Crippen molar-refractivity contribution < 1.29 is 52.7 Å². The fourth-order valence-electron chi connectivity index (χ4n) is 5.33. The second-order valence-electron chi connectivity index (χ2n) is 14.3. The molecule has 2 aromatic carbocycles. The molecule has 0 radical (unpaired) electrons. The first-order valence-corrected chi connectivity index (χ1v) is 15.5. The first-order chi connectivity index (χ1) is 21.4. The van der Waals surface area contributed by atoms with Gasteiger partial charge in [0.25, 0.3) is 0 Å². The zero-order valence-electron chi connectivity index (χ0n) is 28.2. The van der Waals surface area contributed by atoms with E-state index in [1.807, 2.05) is 0 Å². The molecule has 2 nitrogen and oxygen atoms in total. The van der Waals surface area contributed by atoms with Crippen molar-refractivity contribution in [2.45, 2.75) is 140 Å². The van der Waals surface area contributed by atoms with E-state index in [4.69, 9.17) is 11.5 Å². The Balaban J connectivity index is 2.83. The predicted molar refractivity (Wildman–Crippen MR) is 164 cm³/mol. The van der Waals surface area contributed by atoms with Crippen LogP contribution in [0.25, 0.3) is 0 Å². The van der Waals surface area contributed by atoms with Crippen molar-refractivity contribution in [1.82, 2.24) is 0 Å². The molecule has 274 valence electrons. The molecule has 48 heavy (non-hydrogen) atoms. The van der Waals surface area contributed by atoms with E-state index < -0.39 is 57.5 Å². The van der Waals surface area contributed by atoms with Crippen molar-refractivity contribution in [2.75, 3.05) is 11.5 Å². The summed E-state index contributed by atoms with van der Waals surface area (Å²) in [4.78, 5) is 0. The molecule has 2 aromatic rings. The van der Waals surface area contributed by atoms with Crippen LogP contribution >= 0.6 is 0 Å². The van der Waals surface area contributed by atoms with E-state index in [-0.39, 0.29) is 59.3 Å². The molecule has 0 saturated carbocycles. The van der Waals surface area contributed by atoms with Gasteiger partial charge < -0.3 is 11.5 Å². The molecule has 0 unspecified atom stereocenters. The minimum atomic E-state index is -7.73. The van der Waals surface area contributed by atoms with Crippen LogP contribution in [0.5, 0.6) is 0 Å². The van der Waals surface area contributed by atoms with Crippen molar-refractivity contribution >= 4 is 11.4 Å². The Morgan fingerprint density at radius 3 is 0.958 bits per heavy atom. The lowest BCUT2D eigenvalue weighted by Crippen LogP contribution is -2.69. The summed E-state index contributed by atoms with van der Waals surface area (Å²) in [5.41, 5.74) is 4.79. The van der Waals surface area contributed by atoms with Gasteiger partial charge in [0.2, 0.25) is 0 Å². The fraction of sp³-hybridized carbons (Fsp3) is 0.647. The van der Waals surface area contributed by atoms with Crippen LogP contribution in [0.1, 0.15) is 114 Å². The van der Waals surface area contributed by atoms with Crippen LogP contribution in [-0.4, -0.2) is 23.7 Å². The molecule has 0 atom stereocenters. The van der Waals surface area contributed by atoms with Crippen LogP contribution < -0.4 is 11.5 Å². The SMILES string of the molecule is CCCCc1cc(C(F)(F)C(F)(F)C(F)(F)C(F)(F)C(F)(F)C(F)(F)c2cc(CCCC)c(N)c(C(C)(C)C)c2)cc(C(C)(C)C)c1N. The van der Waals surface area contributed by atoms with Crippen LogP contribution in [0.3, 0.4) is 0 Å². The minimum absolute atomic E-state index is 0.101. The topological polar surface area (TPSA) is 52.0 Å². The molecule has 0 aliphatic heterocycles. The van der Waals surface area contributed by atoms with Gasteiger partial charge in [-0.05, 0) is 83.0 Å². The Kier molecular flexibility index (Phi) is 11.3. The highest BCUT2D eigenvalue weighted by molar-refractivity contribution is 5.60. The molecule has 2 rings (SSSR count). The van der Waals surface area contributed by atoms with Gasteiger partial charge in [0, 0.05) is 22.5 Å². The van der Waals surface area contributed by atoms with Crippen LogP contribution in [0.4, 0.5) is 64.1 Å². The van der Waals surface area contributed by atoms with E-state index in [2.05, 4.69) is 0 Å². The van der Waals surface area contributed by atoms with Crippen molar-refractivity contribution in [2.24, 2.45) is 0 Å². The summed E-state index contributed by atoms with van der Waals surface area (Å²) in [7, 11) is 0. The van der Waals surface area contributed by atoms with Gasteiger partial charge in [-0.15, -0.1) is 0 Å². The number of nitrogen functional groups attached to an aromatic ring is 2.